The van der Waals surface area contributed by atoms with Crippen LogP contribution in [0, 0.1) is 40.5 Å². The quantitative estimate of drug-likeness (QED) is 0.250. The van der Waals surface area contributed by atoms with E-state index < -0.39 is 54.4 Å². The van der Waals surface area contributed by atoms with Crippen LogP contribution in [0.25, 0.3) is 0 Å². The van der Waals surface area contributed by atoms with Crippen LogP contribution in [0.5, 0.6) is 0 Å². The normalized spacial score (nSPS) is 9.83. The second kappa shape index (κ2) is 13.6. The second-order valence-electron chi connectivity index (χ2n) is 6.78. The van der Waals surface area contributed by atoms with Gasteiger partial charge < -0.3 is 9.47 Å². The van der Waals surface area contributed by atoms with Gasteiger partial charge in [-0.2, -0.15) is 0 Å². The molecule has 0 saturated carbocycles. The van der Waals surface area contributed by atoms with Crippen molar-refractivity contribution in [2.75, 3.05) is 13.2 Å². The van der Waals surface area contributed by atoms with Gasteiger partial charge in [0.2, 0.25) is 0 Å². The van der Waals surface area contributed by atoms with Crippen molar-refractivity contribution < 1.29 is 38.8 Å². The van der Waals surface area contributed by atoms with Gasteiger partial charge in [-0.05, 0) is 12.8 Å². The van der Waals surface area contributed by atoms with E-state index in [9.17, 15) is 50.0 Å². The van der Waals surface area contributed by atoms with Gasteiger partial charge in [0.15, 0.2) is 0 Å². The molecule has 2 aromatic rings. The number of nitro groups is 4. The van der Waals surface area contributed by atoms with Gasteiger partial charge in [0.05, 0.1) is 56.2 Å². The molecule has 2 rings (SSSR count). The van der Waals surface area contributed by atoms with Gasteiger partial charge in [-0.1, -0.05) is 13.8 Å². The van der Waals surface area contributed by atoms with Gasteiger partial charge in [0.1, 0.15) is 0 Å². The maximum Gasteiger partial charge on any atom is 0.338 e. The molecule has 0 bridgehead atoms. The molecular formula is C20H20N4O12. The Hall–Kier alpha value is -5.02. The molecule has 0 spiro atoms. The number of non-ortho nitro benzene ring substituents is 4. The van der Waals surface area contributed by atoms with Crippen LogP contribution in [0.1, 0.15) is 47.4 Å². The Kier molecular flexibility index (Phi) is 11.0. The third-order valence-electron chi connectivity index (χ3n) is 3.99. The van der Waals surface area contributed by atoms with Crippen LogP contribution in [-0.4, -0.2) is 44.8 Å². The molecular weight excluding hydrogens is 488 g/mol. The van der Waals surface area contributed by atoms with Crippen molar-refractivity contribution in [3.05, 3.63) is 88.0 Å². The van der Waals surface area contributed by atoms with Crippen LogP contribution in [-0.2, 0) is 9.47 Å². The maximum absolute atomic E-state index is 11.5. The molecule has 0 aliphatic heterocycles. The molecule has 0 radical (unpaired) electrons. The number of esters is 2. The fraction of sp³-hybridized carbons (Fsp3) is 0.300. The number of rotatable bonds is 10. The number of nitro benzene ring substituents is 4. The minimum atomic E-state index is -0.816. The first-order valence-electron chi connectivity index (χ1n) is 10.1. The fourth-order valence-electron chi connectivity index (χ4n) is 2.40. The molecule has 0 heterocycles. The highest BCUT2D eigenvalue weighted by Crippen LogP contribution is 2.24. The molecule has 0 aromatic heterocycles. The molecule has 2 aromatic carbocycles. The van der Waals surface area contributed by atoms with Crippen molar-refractivity contribution in [2.45, 2.75) is 26.7 Å². The molecule has 0 atom stereocenters. The van der Waals surface area contributed by atoms with Gasteiger partial charge >= 0.3 is 11.9 Å². The zero-order valence-corrected chi connectivity index (χ0v) is 19.0. The minimum Gasteiger partial charge on any atom is -0.462 e. The van der Waals surface area contributed by atoms with E-state index in [0.29, 0.717) is 12.8 Å². The first-order valence-corrected chi connectivity index (χ1v) is 10.1. The van der Waals surface area contributed by atoms with Gasteiger partial charge in [-0.3, -0.25) is 40.5 Å². The van der Waals surface area contributed by atoms with Gasteiger partial charge in [0, 0.05) is 24.3 Å². The number of ether oxygens (including phenoxy) is 2. The topological polar surface area (TPSA) is 225 Å². The average molecular weight is 508 g/mol. The maximum atomic E-state index is 11.5. The summed E-state index contributed by atoms with van der Waals surface area (Å²) in [6, 6.07) is 5.37. The molecule has 0 aliphatic rings. The third kappa shape index (κ3) is 8.73. The SMILES string of the molecule is CCCOC(=O)c1cc([N+](=O)[O-])cc([N+](=O)[O-])c1.CCCOC(=O)c1cc([N+](=O)[O-])cc([N+](=O)[O-])c1. The van der Waals surface area contributed by atoms with Crippen molar-refractivity contribution in [3.8, 4) is 0 Å². The summed E-state index contributed by atoms with van der Waals surface area (Å²) in [5, 5.41) is 42.4. The molecule has 36 heavy (non-hydrogen) atoms. The van der Waals surface area contributed by atoms with Crippen LogP contribution in [0.4, 0.5) is 22.7 Å². The lowest BCUT2D eigenvalue weighted by Gasteiger charge is -2.02. The Labute approximate surface area is 202 Å². The summed E-state index contributed by atoms with van der Waals surface area (Å²) < 4.78 is 9.53. The van der Waals surface area contributed by atoms with E-state index in [1.54, 1.807) is 13.8 Å². The lowest BCUT2D eigenvalue weighted by molar-refractivity contribution is -0.394. The highest BCUT2D eigenvalue weighted by atomic mass is 16.6. The van der Waals surface area contributed by atoms with E-state index in [4.69, 9.17) is 9.47 Å². The molecule has 0 saturated heterocycles. The monoisotopic (exact) mass is 508 g/mol. The highest BCUT2D eigenvalue weighted by Gasteiger charge is 2.21. The van der Waals surface area contributed by atoms with Crippen LogP contribution in [0.2, 0.25) is 0 Å². The zero-order valence-electron chi connectivity index (χ0n) is 19.0. The predicted octanol–water partition coefficient (Wildman–Crippen LogP) is 4.14. The summed E-state index contributed by atoms with van der Waals surface area (Å²) in [6.45, 7) is 3.86. The van der Waals surface area contributed by atoms with E-state index in [1.165, 1.54) is 0 Å². The second-order valence-corrected chi connectivity index (χ2v) is 6.78. The summed E-state index contributed by atoms with van der Waals surface area (Å²) in [7, 11) is 0. The lowest BCUT2D eigenvalue weighted by atomic mass is 10.2. The molecule has 0 N–H and O–H groups in total. The van der Waals surface area contributed by atoms with Crippen molar-refractivity contribution in [1.29, 1.82) is 0 Å². The van der Waals surface area contributed by atoms with Gasteiger partial charge in [-0.25, -0.2) is 9.59 Å². The van der Waals surface area contributed by atoms with E-state index in [1.807, 2.05) is 0 Å². The molecule has 0 fully saturated rings. The van der Waals surface area contributed by atoms with E-state index >= 15 is 0 Å². The minimum absolute atomic E-state index is 0.148. The van der Waals surface area contributed by atoms with Crippen molar-refractivity contribution >= 4 is 34.7 Å². The van der Waals surface area contributed by atoms with E-state index in [0.717, 1.165) is 36.4 Å². The molecule has 16 heteroatoms. The largest absolute Gasteiger partial charge is 0.462 e. The lowest BCUT2D eigenvalue weighted by Crippen LogP contribution is -2.07. The van der Waals surface area contributed by atoms with Gasteiger partial charge in [0.25, 0.3) is 22.7 Å². The first-order chi connectivity index (χ1) is 16.9. The smallest absolute Gasteiger partial charge is 0.338 e. The predicted molar refractivity (Wildman–Crippen MR) is 121 cm³/mol. The van der Waals surface area contributed by atoms with E-state index in [-0.39, 0.29) is 24.3 Å². The Morgan fingerprint density at radius 3 is 1.03 bits per heavy atom. The number of carbonyl (C=O) groups excluding carboxylic acids is 2. The Morgan fingerprint density at radius 1 is 0.583 bits per heavy atom. The summed E-state index contributed by atoms with van der Waals surface area (Å²) >= 11 is 0. The van der Waals surface area contributed by atoms with Crippen molar-refractivity contribution in [1.82, 2.24) is 0 Å². The molecule has 16 nitrogen and oxygen atoms in total. The summed E-state index contributed by atoms with van der Waals surface area (Å²) in [6.07, 6.45) is 1.17. The standard InChI is InChI=1S/2C10H10N2O6/c2*1-2-3-18-10(13)7-4-8(11(14)15)6-9(5-7)12(16)17/h2*4-6H,2-3H2,1H3. The van der Waals surface area contributed by atoms with Crippen molar-refractivity contribution in [3.63, 3.8) is 0 Å². The number of carbonyl (C=O) groups is 2. The number of hydrogen-bond acceptors (Lipinski definition) is 12. The molecule has 0 unspecified atom stereocenters. The Bertz CT molecular complexity index is 1030. The van der Waals surface area contributed by atoms with Crippen LogP contribution in [0.3, 0.4) is 0 Å². The zero-order chi connectivity index (χ0) is 27.4. The Morgan fingerprint density at radius 2 is 0.833 bits per heavy atom. The average Bonchev–Trinajstić information content (AvgIpc) is 2.85. The Balaban J connectivity index is 0.000000360. The van der Waals surface area contributed by atoms with Crippen LogP contribution in [0.15, 0.2) is 36.4 Å². The molecule has 192 valence electrons. The van der Waals surface area contributed by atoms with Crippen LogP contribution >= 0.6 is 0 Å². The first kappa shape index (κ1) is 29.0. The number of hydrogen-bond donors (Lipinski definition) is 0. The summed E-state index contributed by atoms with van der Waals surface area (Å²) in [5.41, 5.74) is -2.49. The van der Waals surface area contributed by atoms with Crippen molar-refractivity contribution in [2.24, 2.45) is 0 Å². The molecule has 0 aliphatic carbocycles. The number of nitrogens with zero attached hydrogens (tertiary/aromatic N) is 4. The van der Waals surface area contributed by atoms with Crippen LogP contribution < -0.4 is 0 Å². The molecule has 0 amide bonds. The number of benzene rings is 2. The van der Waals surface area contributed by atoms with E-state index in [2.05, 4.69) is 0 Å². The highest BCUT2D eigenvalue weighted by molar-refractivity contribution is 5.91. The summed E-state index contributed by atoms with van der Waals surface area (Å²) in [4.78, 5) is 62.1. The fourth-order valence-corrected chi connectivity index (χ4v) is 2.40. The van der Waals surface area contributed by atoms with Gasteiger partial charge in [-0.15, -0.1) is 0 Å². The summed E-state index contributed by atoms with van der Waals surface area (Å²) in [5.74, 6) is -1.63. The third-order valence-corrected chi connectivity index (χ3v) is 3.99.